The number of fused-ring (bicyclic) bond motifs is 9. The number of aromatic nitrogens is 4. The van der Waals surface area contributed by atoms with Crippen molar-refractivity contribution in [1.29, 1.82) is 0 Å². The fourth-order valence-electron chi connectivity index (χ4n) is 7.51. The van der Waals surface area contributed by atoms with Crippen LogP contribution in [0.5, 0.6) is 0 Å². The van der Waals surface area contributed by atoms with Crippen molar-refractivity contribution in [3.8, 4) is 39.9 Å². The van der Waals surface area contributed by atoms with Crippen molar-refractivity contribution in [1.82, 2.24) is 19.5 Å². The van der Waals surface area contributed by atoms with Gasteiger partial charge in [-0.2, -0.15) is 9.97 Å². The van der Waals surface area contributed by atoms with Gasteiger partial charge >= 0.3 is 0 Å². The molecule has 0 N–H and O–H groups in total. The van der Waals surface area contributed by atoms with Crippen molar-refractivity contribution in [3.05, 3.63) is 158 Å². The Morgan fingerprint density at radius 2 is 1.14 bits per heavy atom. The van der Waals surface area contributed by atoms with E-state index in [-0.39, 0.29) is 0 Å². The first kappa shape index (κ1) is 28.2. The zero-order valence-electron chi connectivity index (χ0n) is 27.1. The number of hydrogen-bond acceptors (Lipinski definition) is 5. The molecular weight excluding hydrogens is 645 g/mol. The molecule has 0 atom stereocenters. The van der Waals surface area contributed by atoms with Crippen LogP contribution in [0, 0.1) is 0 Å². The number of furan rings is 1. The van der Waals surface area contributed by atoms with E-state index in [1.54, 1.807) is 11.3 Å². The molecule has 4 aromatic heterocycles. The molecule has 11 aromatic rings. The molecule has 6 heteroatoms. The van der Waals surface area contributed by atoms with Crippen molar-refractivity contribution in [2.24, 2.45) is 0 Å². The zero-order chi connectivity index (χ0) is 33.5. The topological polar surface area (TPSA) is 56.7 Å². The van der Waals surface area contributed by atoms with Crippen LogP contribution in [0.2, 0.25) is 0 Å². The van der Waals surface area contributed by atoms with Crippen LogP contribution in [-0.2, 0) is 0 Å². The van der Waals surface area contributed by atoms with Crippen molar-refractivity contribution >= 4 is 75.3 Å². The summed E-state index contributed by atoms with van der Waals surface area (Å²) in [6.07, 6.45) is 0. The number of hydrogen-bond donors (Lipinski definition) is 0. The van der Waals surface area contributed by atoms with Crippen LogP contribution < -0.4 is 0 Å². The van der Waals surface area contributed by atoms with Gasteiger partial charge in [-0.3, -0.25) is 4.57 Å². The fraction of sp³-hybridized carbons (Fsp3) is 0. The molecule has 0 unspecified atom stereocenters. The molecule has 0 aliphatic heterocycles. The second kappa shape index (κ2) is 10.9. The highest BCUT2D eigenvalue weighted by Crippen LogP contribution is 2.41. The summed E-state index contributed by atoms with van der Waals surface area (Å²) in [5.41, 5.74) is 7.92. The molecule has 0 radical (unpaired) electrons. The van der Waals surface area contributed by atoms with Crippen LogP contribution in [0.15, 0.2) is 162 Å². The van der Waals surface area contributed by atoms with Crippen molar-refractivity contribution in [2.75, 3.05) is 0 Å². The minimum absolute atomic E-state index is 0.566. The number of nitrogens with zero attached hydrogens (tertiary/aromatic N) is 4. The van der Waals surface area contributed by atoms with E-state index in [2.05, 4.69) is 144 Å². The van der Waals surface area contributed by atoms with Crippen molar-refractivity contribution in [2.45, 2.75) is 0 Å². The quantitative estimate of drug-likeness (QED) is 0.187. The van der Waals surface area contributed by atoms with Gasteiger partial charge in [0.25, 0.3) is 0 Å². The Morgan fingerprint density at radius 3 is 2.06 bits per heavy atom. The normalized spacial score (nSPS) is 11.9. The molecule has 0 spiro atoms. The lowest BCUT2D eigenvalue weighted by Crippen LogP contribution is -2.06. The zero-order valence-corrected chi connectivity index (χ0v) is 27.9. The first-order chi connectivity index (χ1) is 25.3. The molecule has 0 fully saturated rings. The van der Waals surface area contributed by atoms with E-state index in [1.165, 1.54) is 15.5 Å². The molecule has 0 aliphatic carbocycles. The van der Waals surface area contributed by atoms with Gasteiger partial charge in [0.05, 0.1) is 11.0 Å². The third-order valence-electron chi connectivity index (χ3n) is 9.87. The number of benzene rings is 7. The van der Waals surface area contributed by atoms with Gasteiger partial charge in [0.2, 0.25) is 5.95 Å². The van der Waals surface area contributed by atoms with E-state index in [9.17, 15) is 0 Å². The molecule has 0 amide bonds. The molecule has 0 saturated heterocycles. The van der Waals surface area contributed by atoms with E-state index >= 15 is 0 Å². The van der Waals surface area contributed by atoms with Gasteiger partial charge in [0.15, 0.2) is 11.6 Å². The molecule has 51 heavy (non-hydrogen) atoms. The Morgan fingerprint density at radius 1 is 0.431 bits per heavy atom. The smallest absolute Gasteiger partial charge is 0.238 e. The summed E-state index contributed by atoms with van der Waals surface area (Å²) in [5, 5.41) is 6.77. The Bertz CT molecular complexity index is 3150. The highest BCUT2D eigenvalue weighted by molar-refractivity contribution is 7.26. The van der Waals surface area contributed by atoms with E-state index in [1.807, 2.05) is 18.2 Å². The number of thiophene rings is 1. The molecule has 7 aromatic carbocycles. The van der Waals surface area contributed by atoms with Gasteiger partial charge in [0, 0.05) is 52.8 Å². The average molecular weight is 671 g/mol. The largest absolute Gasteiger partial charge is 0.456 e. The lowest BCUT2D eigenvalue weighted by Gasteiger charge is -2.12. The van der Waals surface area contributed by atoms with Crippen LogP contribution in [-0.4, -0.2) is 19.5 Å². The Hall–Kier alpha value is -6.63. The van der Waals surface area contributed by atoms with Gasteiger partial charge in [0.1, 0.15) is 11.2 Å². The standard InChI is InChI=1S/C45H26N4OS/c1-2-12-27(13-3-1)28-14-10-15-29(24-28)43-46-44(34-20-11-19-33-32-18-6-9-23-41(32)51-42(33)34)48-45(47-43)49-37-21-7-4-16-30(37)35-26-40-36(25-38(35)49)31-17-5-8-22-39(31)50-40/h1-26H. The van der Waals surface area contributed by atoms with E-state index in [4.69, 9.17) is 19.4 Å². The molecule has 238 valence electrons. The van der Waals surface area contributed by atoms with Crippen LogP contribution in [0.3, 0.4) is 0 Å². The van der Waals surface area contributed by atoms with E-state index in [0.717, 1.165) is 70.7 Å². The van der Waals surface area contributed by atoms with E-state index < -0.39 is 0 Å². The van der Waals surface area contributed by atoms with Gasteiger partial charge in [-0.05, 0) is 53.6 Å². The summed E-state index contributed by atoms with van der Waals surface area (Å²) < 4.78 is 10.9. The second-order valence-electron chi connectivity index (χ2n) is 12.8. The van der Waals surface area contributed by atoms with Crippen molar-refractivity contribution in [3.63, 3.8) is 0 Å². The summed E-state index contributed by atoms with van der Waals surface area (Å²) in [6.45, 7) is 0. The lowest BCUT2D eigenvalue weighted by atomic mass is 10.0. The van der Waals surface area contributed by atoms with Gasteiger partial charge in [-0.1, -0.05) is 115 Å². The second-order valence-corrected chi connectivity index (χ2v) is 13.9. The molecule has 11 rings (SSSR count). The maximum Gasteiger partial charge on any atom is 0.238 e. The Kier molecular flexibility index (Phi) is 6.05. The SMILES string of the molecule is c1ccc(-c2cccc(-c3nc(-c4cccc5c4sc4ccccc45)nc(-n4c5ccccc5c5cc6oc7ccccc7c6cc54)n3)c2)cc1. The van der Waals surface area contributed by atoms with Crippen LogP contribution in [0.25, 0.3) is 104 Å². The minimum atomic E-state index is 0.566. The summed E-state index contributed by atoms with van der Waals surface area (Å²) in [4.78, 5) is 15.8. The molecule has 5 nitrogen and oxygen atoms in total. The molecule has 4 heterocycles. The molecule has 0 bridgehead atoms. The number of para-hydroxylation sites is 2. The fourth-order valence-corrected chi connectivity index (χ4v) is 8.72. The third-order valence-corrected chi connectivity index (χ3v) is 11.1. The maximum absolute atomic E-state index is 6.34. The summed E-state index contributed by atoms with van der Waals surface area (Å²) in [6, 6.07) is 54.9. The van der Waals surface area contributed by atoms with Gasteiger partial charge in [-0.15, -0.1) is 11.3 Å². The van der Waals surface area contributed by atoms with Crippen LogP contribution in [0.1, 0.15) is 0 Å². The summed E-state index contributed by atoms with van der Waals surface area (Å²) >= 11 is 1.78. The molecule has 0 aliphatic rings. The Balaban J connectivity index is 1.22. The monoisotopic (exact) mass is 670 g/mol. The van der Waals surface area contributed by atoms with Gasteiger partial charge < -0.3 is 4.42 Å². The molecular formula is C45H26N4OS. The number of rotatable bonds is 4. The maximum atomic E-state index is 6.34. The summed E-state index contributed by atoms with van der Waals surface area (Å²) in [5.74, 6) is 1.82. The van der Waals surface area contributed by atoms with Crippen molar-refractivity contribution < 1.29 is 4.42 Å². The minimum Gasteiger partial charge on any atom is -0.456 e. The van der Waals surface area contributed by atoms with Crippen LogP contribution >= 0.6 is 11.3 Å². The first-order valence-corrected chi connectivity index (χ1v) is 17.8. The lowest BCUT2D eigenvalue weighted by molar-refractivity contribution is 0.669. The predicted octanol–water partition coefficient (Wildman–Crippen LogP) is 12.2. The van der Waals surface area contributed by atoms with E-state index in [0.29, 0.717) is 17.6 Å². The Labute approximate surface area is 295 Å². The third kappa shape index (κ3) is 4.37. The average Bonchev–Trinajstić information content (AvgIpc) is 3.86. The summed E-state index contributed by atoms with van der Waals surface area (Å²) in [7, 11) is 0. The molecule has 0 saturated carbocycles. The highest BCUT2D eigenvalue weighted by atomic mass is 32.1. The highest BCUT2D eigenvalue weighted by Gasteiger charge is 2.21. The first-order valence-electron chi connectivity index (χ1n) is 16.9. The van der Waals surface area contributed by atoms with Gasteiger partial charge in [-0.25, -0.2) is 4.98 Å². The predicted molar refractivity (Wildman–Crippen MR) is 211 cm³/mol. The van der Waals surface area contributed by atoms with Crippen LogP contribution in [0.4, 0.5) is 0 Å².